The van der Waals surface area contributed by atoms with Gasteiger partial charge in [0.1, 0.15) is 11.5 Å². The van der Waals surface area contributed by atoms with Gasteiger partial charge in [-0.1, -0.05) is 42.6 Å². The van der Waals surface area contributed by atoms with Crippen LogP contribution in [0.5, 0.6) is 11.5 Å². The molecular weight excluding hydrogens is 462 g/mol. The van der Waals surface area contributed by atoms with E-state index in [2.05, 4.69) is 25.3 Å². The molecule has 1 saturated carbocycles. The SMILES string of the molecule is O=C(CSc1nnc(-c2ccc(Cl)cc2)n1C1CCCCC1)NN=Cc1ccc(O)cc1O. The molecule has 0 spiro atoms. The molecule has 0 bridgehead atoms. The molecule has 3 N–H and O–H groups in total. The number of hydrogen-bond acceptors (Lipinski definition) is 7. The van der Waals surface area contributed by atoms with Gasteiger partial charge >= 0.3 is 0 Å². The number of aromatic nitrogens is 3. The number of halogens is 1. The van der Waals surface area contributed by atoms with Gasteiger partial charge in [-0.05, 0) is 49.2 Å². The molecule has 8 nitrogen and oxygen atoms in total. The Balaban J connectivity index is 1.45. The number of benzene rings is 2. The molecule has 1 aliphatic rings. The van der Waals surface area contributed by atoms with Crippen molar-refractivity contribution in [3.63, 3.8) is 0 Å². The summed E-state index contributed by atoms with van der Waals surface area (Å²) >= 11 is 7.36. The Kier molecular flexibility index (Phi) is 7.51. The van der Waals surface area contributed by atoms with Crippen molar-refractivity contribution < 1.29 is 15.0 Å². The lowest BCUT2D eigenvalue weighted by Crippen LogP contribution is -2.20. The van der Waals surface area contributed by atoms with E-state index in [1.54, 1.807) is 0 Å². The molecule has 1 heterocycles. The van der Waals surface area contributed by atoms with E-state index in [4.69, 9.17) is 11.6 Å². The van der Waals surface area contributed by atoms with E-state index in [9.17, 15) is 15.0 Å². The molecule has 4 rings (SSSR count). The van der Waals surface area contributed by atoms with E-state index in [-0.39, 0.29) is 23.2 Å². The van der Waals surface area contributed by atoms with Crippen LogP contribution in [0.2, 0.25) is 5.02 Å². The summed E-state index contributed by atoms with van der Waals surface area (Å²) in [6.07, 6.45) is 6.98. The highest BCUT2D eigenvalue weighted by Gasteiger charge is 2.24. The third-order valence-electron chi connectivity index (χ3n) is 5.45. The van der Waals surface area contributed by atoms with Crippen molar-refractivity contribution in [3.05, 3.63) is 53.1 Å². The third kappa shape index (κ3) is 5.85. The summed E-state index contributed by atoms with van der Waals surface area (Å²) in [5.74, 6) is 0.413. The van der Waals surface area contributed by atoms with Crippen LogP contribution in [-0.2, 0) is 4.79 Å². The molecule has 0 radical (unpaired) electrons. The number of hydrogen-bond donors (Lipinski definition) is 3. The fourth-order valence-electron chi connectivity index (χ4n) is 3.82. The van der Waals surface area contributed by atoms with Crippen LogP contribution in [-0.4, -0.2) is 42.9 Å². The molecule has 10 heteroatoms. The lowest BCUT2D eigenvalue weighted by atomic mass is 9.95. The molecule has 33 heavy (non-hydrogen) atoms. The normalized spacial score (nSPS) is 14.6. The summed E-state index contributed by atoms with van der Waals surface area (Å²) in [4.78, 5) is 12.3. The largest absolute Gasteiger partial charge is 0.508 e. The molecule has 3 aromatic rings. The van der Waals surface area contributed by atoms with E-state index < -0.39 is 0 Å². The Morgan fingerprint density at radius 1 is 1.15 bits per heavy atom. The summed E-state index contributed by atoms with van der Waals surface area (Å²) in [6, 6.07) is 12.0. The van der Waals surface area contributed by atoms with Crippen molar-refractivity contribution >= 4 is 35.5 Å². The summed E-state index contributed by atoms with van der Waals surface area (Å²) in [5.41, 5.74) is 3.77. The molecule has 0 unspecified atom stereocenters. The van der Waals surface area contributed by atoms with Crippen molar-refractivity contribution in [3.8, 4) is 22.9 Å². The first kappa shape index (κ1) is 23.1. The van der Waals surface area contributed by atoms with Gasteiger partial charge in [0, 0.05) is 28.3 Å². The van der Waals surface area contributed by atoms with Gasteiger partial charge < -0.3 is 10.2 Å². The van der Waals surface area contributed by atoms with Gasteiger partial charge in [-0.15, -0.1) is 10.2 Å². The van der Waals surface area contributed by atoms with E-state index in [1.165, 1.54) is 42.6 Å². The Morgan fingerprint density at radius 3 is 2.64 bits per heavy atom. The maximum Gasteiger partial charge on any atom is 0.250 e. The van der Waals surface area contributed by atoms with Crippen LogP contribution in [0.4, 0.5) is 0 Å². The summed E-state index contributed by atoms with van der Waals surface area (Å²) < 4.78 is 2.15. The van der Waals surface area contributed by atoms with Crippen molar-refractivity contribution in [2.24, 2.45) is 5.10 Å². The molecule has 1 amide bonds. The van der Waals surface area contributed by atoms with Crippen LogP contribution >= 0.6 is 23.4 Å². The van der Waals surface area contributed by atoms with Gasteiger partial charge in [-0.25, -0.2) is 5.43 Å². The average Bonchev–Trinajstić information content (AvgIpc) is 3.24. The first-order valence-corrected chi connectivity index (χ1v) is 12.0. The minimum atomic E-state index is -0.305. The zero-order valence-electron chi connectivity index (χ0n) is 17.8. The number of nitrogens with zero attached hydrogens (tertiary/aromatic N) is 4. The second-order valence-electron chi connectivity index (χ2n) is 7.80. The molecule has 0 aliphatic heterocycles. The number of phenols is 2. The van der Waals surface area contributed by atoms with Crippen molar-refractivity contribution in [1.82, 2.24) is 20.2 Å². The van der Waals surface area contributed by atoms with Crippen LogP contribution in [0.1, 0.15) is 43.7 Å². The summed E-state index contributed by atoms with van der Waals surface area (Å²) in [5, 5.41) is 33.2. The number of phenolic OH excluding ortho intramolecular Hbond substituents is 2. The zero-order valence-corrected chi connectivity index (χ0v) is 19.4. The first-order valence-electron chi connectivity index (χ1n) is 10.7. The number of carbonyl (C=O) groups is 1. The molecule has 0 saturated heterocycles. The second kappa shape index (κ2) is 10.7. The average molecular weight is 486 g/mol. The minimum Gasteiger partial charge on any atom is -0.508 e. The Labute approximate surface area is 200 Å². The molecule has 1 fully saturated rings. The molecule has 1 aliphatic carbocycles. The van der Waals surface area contributed by atoms with Gasteiger partial charge in [0.25, 0.3) is 5.91 Å². The lowest BCUT2D eigenvalue weighted by molar-refractivity contribution is -0.118. The minimum absolute atomic E-state index is 0.0508. The lowest BCUT2D eigenvalue weighted by Gasteiger charge is -2.25. The topological polar surface area (TPSA) is 113 Å². The number of amides is 1. The molecule has 2 aromatic carbocycles. The predicted octanol–water partition coefficient (Wildman–Crippen LogP) is 4.76. The molecular formula is C23H24ClN5O3S. The van der Waals surface area contributed by atoms with Crippen molar-refractivity contribution in [1.29, 1.82) is 0 Å². The number of thioether (sulfide) groups is 1. The van der Waals surface area contributed by atoms with E-state index in [0.717, 1.165) is 37.1 Å². The van der Waals surface area contributed by atoms with E-state index in [0.29, 0.717) is 21.8 Å². The Bertz CT molecular complexity index is 1140. The summed E-state index contributed by atoms with van der Waals surface area (Å²) in [6.45, 7) is 0. The smallest absolute Gasteiger partial charge is 0.250 e. The third-order valence-corrected chi connectivity index (χ3v) is 6.64. The van der Waals surface area contributed by atoms with Gasteiger partial charge in [-0.3, -0.25) is 9.36 Å². The molecule has 0 atom stereocenters. The van der Waals surface area contributed by atoms with E-state index >= 15 is 0 Å². The maximum atomic E-state index is 12.3. The standard InChI is InChI=1S/C23H24ClN5O3S/c24-17-9-6-15(7-10-17)22-27-28-23(29(22)18-4-2-1-3-5-18)33-14-21(32)26-25-13-16-8-11-19(30)12-20(16)31/h6-13,18,30-31H,1-5,14H2,(H,26,32). The molecule has 172 valence electrons. The second-order valence-corrected chi connectivity index (χ2v) is 9.18. The zero-order chi connectivity index (χ0) is 23.2. The van der Waals surface area contributed by atoms with Crippen molar-refractivity contribution in [2.45, 2.75) is 43.3 Å². The number of carbonyl (C=O) groups excluding carboxylic acids is 1. The molecule has 1 aromatic heterocycles. The number of aromatic hydroxyl groups is 2. The van der Waals surface area contributed by atoms with E-state index in [1.807, 2.05) is 24.3 Å². The summed E-state index contributed by atoms with van der Waals surface area (Å²) in [7, 11) is 0. The monoisotopic (exact) mass is 485 g/mol. The van der Waals surface area contributed by atoms with Crippen LogP contribution in [0, 0.1) is 0 Å². The Morgan fingerprint density at radius 2 is 1.91 bits per heavy atom. The predicted molar refractivity (Wildman–Crippen MR) is 129 cm³/mol. The number of hydrazone groups is 1. The maximum absolute atomic E-state index is 12.3. The van der Waals surface area contributed by atoms with Crippen molar-refractivity contribution in [2.75, 3.05) is 5.75 Å². The van der Waals surface area contributed by atoms with Crippen LogP contribution in [0.15, 0.2) is 52.7 Å². The van der Waals surface area contributed by atoms with Gasteiger partial charge in [0.15, 0.2) is 11.0 Å². The number of rotatable bonds is 7. The van der Waals surface area contributed by atoms with Gasteiger partial charge in [0.2, 0.25) is 0 Å². The van der Waals surface area contributed by atoms with Crippen LogP contribution in [0.3, 0.4) is 0 Å². The van der Waals surface area contributed by atoms with Gasteiger partial charge in [0.05, 0.1) is 12.0 Å². The highest BCUT2D eigenvalue weighted by Crippen LogP contribution is 2.35. The van der Waals surface area contributed by atoms with Crippen LogP contribution < -0.4 is 5.43 Å². The fourth-order valence-corrected chi connectivity index (χ4v) is 4.74. The highest BCUT2D eigenvalue weighted by atomic mass is 35.5. The number of nitrogens with one attached hydrogen (secondary N) is 1. The van der Waals surface area contributed by atoms with Gasteiger partial charge in [-0.2, -0.15) is 5.10 Å². The quantitative estimate of drug-likeness (QED) is 0.253. The fraction of sp³-hybridized carbons (Fsp3) is 0.304. The Hall–Kier alpha value is -3.04. The highest BCUT2D eigenvalue weighted by molar-refractivity contribution is 7.99. The first-order chi connectivity index (χ1) is 16.0. The van der Waals surface area contributed by atoms with Crippen LogP contribution in [0.25, 0.3) is 11.4 Å².